The second kappa shape index (κ2) is 8.01. The maximum absolute atomic E-state index is 12.6. The van der Waals surface area contributed by atoms with E-state index in [1.165, 1.54) is 12.1 Å². The summed E-state index contributed by atoms with van der Waals surface area (Å²) >= 11 is 0. The molecule has 1 unspecified atom stereocenters. The Hall–Kier alpha value is -3.52. The average molecular weight is 382 g/mol. The number of nitrogens with zero attached hydrogens (tertiary/aromatic N) is 2. The van der Waals surface area contributed by atoms with E-state index in [1.54, 1.807) is 6.08 Å². The molecular formula is C20H20N3O5+. The highest BCUT2D eigenvalue weighted by atomic mass is 16.6. The van der Waals surface area contributed by atoms with Crippen LogP contribution in [0.15, 0.2) is 55.1 Å². The first-order chi connectivity index (χ1) is 13.4. The summed E-state index contributed by atoms with van der Waals surface area (Å²) in [6, 6.07) is 11.3. The number of quaternary nitrogens is 1. The predicted molar refractivity (Wildman–Crippen MR) is 101 cm³/mol. The van der Waals surface area contributed by atoms with Crippen LogP contribution in [-0.2, 0) is 6.54 Å². The molecule has 1 heterocycles. The number of hydrogen-bond acceptors (Lipinski definition) is 5. The van der Waals surface area contributed by atoms with E-state index in [-0.39, 0.29) is 23.5 Å². The van der Waals surface area contributed by atoms with Crippen molar-refractivity contribution in [3.05, 3.63) is 81.9 Å². The van der Waals surface area contributed by atoms with Crippen molar-refractivity contribution in [2.24, 2.45) is 0 Å². The second-order valence-electron chi connectivity index (χ2n) is 6.56. The molecule has 144 valence electrons. The second-order valence-corrected chi connectivity index (χ2v) is 6.56. The Balaban J connectivity index is 1.66. The molecule has 0 aliphatic carbocycles. The molecule has 3 rings (SSSR count). The summed E-state index contributed by atoms with van der Waals surface area (Å²) in [4.78, 5) is 37.5. The number of hydrogen-bond donors (Lipinski definition) is 1. The third kappa shape index (κ3) is 3.91. The standard InChI is InChI=1S/C20H19N3O5/c1-3-10-28-16-7-4-14(5-8-16)12-21(2)13-22-19(24)17-9-6-15(23(26)27)11-18(17)20(22)25/h3-9,11H,1,10,12-13H2,2H3/p+1. The molecule has 28 heavy (non-hydrogen) atoms. The molecule has 0 spiro atoms. The largest absolute Gasteiger partial charge is 0.490 e. The minimum absolute atomic E-state index is 0.0794. The number of nitro groups is 1. The summed E-state index contributed by atoms with van der Waals surface area (Å²) in [6.07, 6.45) is 1.67. The number of rotatable bonds is 8. The van der Waals surface area contributed by atoms with Crippen LogP contribution in [0.3, 0.4) is 0 Å². The van der Waals surface area contributed by atoms with Crippen LogP contribution in [0.1, 0.15) is 26.3 Å². The predicted octanol–water partition coefficient (Wildman–Crippen LogP) is 1.43. The Labute approximate surface area is 161 Å². The number of fused-ring (bicyclic) bond motifs is 1. The van der Waals surface area contributed by atoms with Gasteiger partial charge in [0.15, 0.2) is 6.67 Å². The molecule has 8 heteroatoms. The van der Waals surface area contributed by atoms with E-state index in [9.17, 15) is 19.7 Å². The monoisotopic (exact) mass is 382 g/mol. The van der Waals surface area contributed by atoms with Crippen molar-refractivity contribution in [2.45, 2.75) is 6.54 Å². The Morgan fingerprint density at radius 2 is 1.82 bits per heavy atom. The van der Waals surface area contributed by atoms with E-state index < -0.39 is 16.7 Å². The molecule has 0 radical (unpaired) electrons. The fraction of sp³-hybridized carbons (Fsp3) is 0.200. The van der Waals surface area contributed by atoms with Gasteiger partial charge in [0.2, 0.25) is 0 Å². The number of nitrogens with one attached hydrogen (secondary N) is 1. The first-order valence-electron chi connectivity index (χ1n) is 8.69. The zero-order valence-electron chi connectivity index (χ0n) is 15.4. The van der Waals surface area contributed by atoms with Crippen molar-refractivity contribution in [2.75, 3.05) is 20.3 Å². The summed E-state index contributed by atoms with van der Waals surface area (Å²) in [5.74, 6) is -0.193. The van der Waals surface area contributed by atoms with Gasteiger partial charge in [-0.25, -0.2) is 4.90 Å². The number of benzene rings is 2. The molecule has 2 amide bonds. The molecule has 2 aromatic rings. The van der Waals surface area contributed by atoms with Gasteiger partial charge in [-0.05, 0) is 30.3 Å². The van der Waals surface area contributed by atoms with Crippen LogP contribution < -0.4 is 9.64 Å². The van der Waals surface area contributed by atoms with Gasteiger partial charge in [-0.15, -0.1) is 0 Å². The molecule has 0 fully saturated rings. The van der Waals surface area contributed by atoms with Crippen molar-refractivity contribution in [1.29, 1.82) is 0 Å². The maximum atomic E-state index is 12.6. The average Bonchev–Trinajstić information content (AvgIpc) is 2.92. The number of amides is 2. The number of imide groups is 1. The van der Waals surface area contributed by atoms with Crippen LogP contribution in [0.25, 0.3) is 0 Å². The minimum atomic E-state index is -0.583. The van der Waals surface area contributed by atoms with Crippen LogP contribution in [0.5, 0.6) is 5.75 Å². The Morgan fingerprint density at radius 1 is 1.14 bits per heavy atom. The number of ether oxygens (including phenoxy) is 1. The molecule has 8 nitrogen and oxygen atoms in total. The fourth-order valence-corrected chi connectivity index (χ4v) is 3.07. The number of non-ortho nitro benzene ring substituents is 1. The summed E-state index contributed by atoms with van der Waals surface area (Å²) < 4.78 is 5.44. The van der Waals surface area contributed by atoms with Crippen molar-refractivity contribution in [3.8, 4) is 5.75 Å². The molecule has 1 atom stereocenters. The van der Waals surface area contributed by atoms with Crippen molar-refractivity contribution < 1.29 is 24.1 Å². The molecular weight excluding hydrogens is 362 g/mol. The van der Waals surface area contributed by atoms with Crippen LogP contribution in [0.2, 0.25) is 0 Å². The van der Waals surface area contributed by atoms with E-state index in [0.29, 0.717) is 13.2 Å². The van der Waals surface area contributed by atoms with Gasteiger partial charge in [0.05, 0.1) is 23.1 Å². The SMILES string of the molecule is C=CCOc1ccc(C[NH+](C)CN2C(=O)c3ccc([N+](=O)[O-])cc3C2=O)cc1. The van der Waals surface area contributed by atoms with Gasteiger partial charge in [-0.3, -0.25) is 19.7 Å². The third-order valence-electron chi connectivity index (χ3n) is 4.39. The summed E-state index contributed by atoms with van der Waals surface area (Å²) in [5, 5.41) is 10.9. The van der Waals surface area contributed by atoms with E-state index in [2.05, 4.69) is 6.58 Å². The van der Waals surface area contributed by atoms with Crippen LogP contribution >= 0.6 is 0 Å². The quantitative estimate of drug-likeness (QED) is 0.323. The summed E-state index contributed by atoms with van der Waals surface area (Å²) in [7, 11) is 1.87. The van der Waals surface area contributed by atoms with E-state index in [4.69, 9.17) is 4.74 Å². The Bertz CT molecular complexity index is 939. The van der Waals surface area contributed by atoms with Gasteiger partial charge in [0.25, 0.3) is 17.5 Å². The molecule has 0 bridgehead atoms. The lowest BCUT2D eigenvalue weighted by Crippen LogP contribution is -3.09. The van der Waals surface area contributed by atoms with Gasteiger partial charge in [0, 0.05) is 17.7 Å². The highest BCUT2D eigenvalue weighted by Crippen LogP contribution is 2.26. The molecule has 0 saturated carbocycles. The highest BCUT2D eigenvalue weighted by molar-refractivity contribution is 6.21. The van der Waals surface area contributed by atoms with E-state index >= 15 is 0 Å². The lowest BCUT2D eigenvalue weighted by Gasteiger charge is -2.20. The first-order valence-corrected chi connectivity index (χ1v) is 8.69. The highest BCUT2D eigenvalue weighted by Gasteiger charge is 2.38. The minimum Gasteiger partial charge on any atom is -0.490 e. The molecule has 0 saturated heterocycles. The van der Waals surface area contributed by atoms with Crippen molar-refractivity contribution in [3.63, 3.8) is 0 Å². The lowest BCUT2D eigenvalue weighted by molar-refractivity contribution is -0.901. The molecule has 1 N–H and O–H groups in total. The van der Waals surface area contributed by atoms with Crippen LogP contribution in [0, 0.1) is 10.1 Å². The van der Waals surface area contributed by atoms with Crippen LogP contribution in [-0.4, -0.2) is 42.0 Å². The lowest BCUT2D eigenvalue weighted by atomic mass is 10.1. The summed E-state index contributed by atoms with van der Waals surface area (Å²) in [5.41, 5.74) is 1.10. The fourth-order valence-electron chi connectivity index (χ4n) is 3.07. The molecule has 1 aliphatic rings. The zero-order chi connectivity index (χ0) is 20.3. The molecule has 1 aliphatic heterocycles. The number of nitro benzene ring substituents is 1. The molecule has 0 aromatic heterocycles. The third-order valence-corrected chi connectivity index (χ3v) is 4.39. The van der Waals surface area contributed by atoms with Gasteiger partial charge >= 0.3 is 0 Å². The number of carbonyl (C=O) groups excluding carboxylic acids is 2. The number of carbonyl (C=O) groups is 2. The normalized spacial score (nSPS) is 14.0. The van der Waals surface area contributed by atoms with Crippen LogP contribution in [0.4, 0.5) is 5.69 Å². The smallest absolute Gasteiger partial charge is 0.270 e. The van der Waals surface area contributed by atoms with E-state index in [0.717, 1.165) is 27.2 Å². The zero-order valence-corrected chi connectivity index (χ0v) is 15.4. The maximum Gasteiger partial charge on any atom is 0.270 e. The van der Waals surface area contributed by atoms with Gasteiger partial charge in [-0.1, -0.05) is 12.7 Å². The van der Waals surface area contributed by atoms with E-state index in [1.807, 2.05) is 31.3 Å². The van der Waals surface area contributed by atoms with Crippen molar-refractivity contribution >= 4 is 17.5 Å². The van der Waals surface area contributed by atoms with Gasteiger partial charge in [-0.2, -0.15) is 0 Å². The topological polar surface area (TPSA) is 94.2 Å². The summed E-state index contributed by atoms with van der Waals surface area (Å²) in [6.45, 7) is 4.79. The Morgan fingerprint density at radius 3 is 2.46 bits per heavy atom. The first kappa shape index (κ1) is 19.2. The molecule has 2 aromatic carbocycles. The van der Waals surface area contributed by atoms with Gasteiger partial charge in [0.1, 0.15) is 18.9 Å². The Kier molecular flexibility index (Phi) is 5.51. The van der Waals surface area contributed by atoms with Gasteiger partial charge < -0.3 is 9.64 Å². The van der Waals surface area contributed by atoms with Crippen molar-refractivity contribution in [1.82, 2.24) is 4.90 Å².